The lowest BCUT2D eigenvalue weighted by Crippen LogP contribution is -2.20. The van der Waals surface area contributed by atoms with Gasteiger partial charge in [0.1, 0.15) is 5.75 Å². The minimum Gasteiger partial charge on any atom is -0.495 e. The van der Waals surface area contributed by atoms with Gasteiger partial charge in [0.2, 0.25) is 0 Å². The van der Waals surface area contributed by atoms with Crippen molar-refractivity contribution in [2.45, 2.75) is 25.8 Å². The van der Waals surface area contributed by atoms with Crippen molar-refractivity contribution in [3.63, 3.8) is 0 Å². The number of halogens is 1. The van der Waals surface area contributed by atoms with Crippen LogP contribution in [0, 0.1) is 0 Å². The summed E-state index contributed by atoms with van der Waals surface area (Å²) in [5.74, 6) is 1.71. The molecule has 0 radical (unpaired) electrons. The van der Waals surface area contributed by atoms with E-state index in [1.807, 2.05) is 18.2 Å². The first-order valence-corrected chi connectivity index (χ1v) is 7.26. The standard InChI is InChI=1S/C13H17ClN2OS/c1-4-13(2)8-18-12(16-13)15-9-5-6-11(17-3)10(14)7-9/h5-7H,4,8H2,1-3H3,(H,15,16). The molecule has 0 aliphatic carbocycles. The molecule has 0 bridgehead atoms. The molecule has 1 heterocycles. The Morgan fingerprint density at radius 3 is 2.89 bits per heavy atom. The van der Waals surface area contributed by atoms with E-state index in [1.54, 1.807) is 18.9 Å². The molecule has 0 aromatic heterocycles. The van der Waals surface area contributed by atoms with Crippen LogP contribution in [0.1, 0.15) is 20.3 Å². The van der Waals surface area contributed by atoms with Crippen LogP contribution in [0.4, 0.5) is 5.69 Å². The minimum absolute atomic E-state index is 0.0588. The Hall–Kier alpha value is -0.870. The van der Waals surface area contributed by atoms with Gasteiger partial charge in [0.05, 0.1) is 17.7 Å². The topological polar surface area (TPSA) is 33.6 Å². The smallest absolute Gasteiger partial charge is 0.161 e. The van der Waals surface area contributed by atoms with E-state index in [-0.39, 0.29) is 5.54 Å². The van der Waals surface area contributed by atoms with Crippen molar-refractivity contribution >= 4 is 34.2 Å². The van der Waals surface area contributed by atoms with Crippen molar-refractivity contribution in [2.75, 3.05) is 18.2 Å². The molecular formula is C13H17ClN2OS. The van der Waals surface area contributed by atoms with Crippen LogP contribution in [0.5, 0.6) is 5.75 Å². The molecule has 1 aliphatic rings. The van der Waals surface area contributed by atoms with E-state index in [0.29, 0.717) is 10.8 Å². The maximum Gasteiger partial charge on any atom is 0.161 e. The van der Waals surface area contributed by atoms with Crippen molar-refractivity contribution < 1.29 is 4.74 Å². The number of benzene rings is 1. The molecule has 0 saturated carbocycles. The SMILES string of the molecule is CCC1(C)CSC(Nc2ccc(OC)c(Cl)c2)=N1. The molecule has 0 fully saturated rings. The maximum atomic E-state index is 6.09. The van der Waals surface area contributed by atoms with Gasteiger partial charge in [0.15, 0.2) is 5.17 Å². The average molecular weight is 285 g/mol. The number of rotatable bonds is 3. The molecule has 0 saturated heterocycles. The van der Waals surface area contributed by atoms with Crippen LogP contribution in [0.25, 0.3) is 0 Å². The van der Waals surface area contributed by atoms with Crippen molar-refractivity contribution in [2.24, 2.45) is 4.99 Å². The Labute approximate surface area is 117 Å². The van der Waals surface area contributed by atoms with Crippen LogP contribution < -0.4 is 10.1 Å². The fraction of sp³-hybridized carbons (Fsp3) is 0.462. The van der Waals surface area contributed by atoms with E-state index >= 15 is 0 Å². The van der Waals surface area contributed by atoms with Gasteiger partial charge in [-0.05, 0) is 31.5 Å². The lowest BCUT2D eigenvalue weighted by atomic mass is 10.0. The number of ether oxygens (including phenoxy) is 1. The maximum absolute atomic E-state index is 6.09. The first-order valence-electron chi connectivity index (χ1n) is 5.89. The molecule has 18 heavy (non-hydrogen) atoms. The Kier molecular flexibility index (Phi) is 4.07. The molecule has 1 atom stereocenters. The number of methoxy groups -OCH3 is 1. The summed E-state index contributed by atoms with van der Waals surface area (Å²) in [5.41, 5.74) is 0.996. The molecule has 5 heteroatoms. The molecule has 2 rings (SSSR count). The molecule has 1 aliphatic heterocycles. The van der Waals surface area contributed by atoms with Crippen LogP contribution in [0.2, 0.25) is 5.02 Å². The Morgan fingerprint density at radius 1 is 1.56 bits per heavy atom. The third-order valence-electron chi connectivity index (χ3n) is 3.06. The molecule has 0 amide bonds. The summed E-state index contributed by atoms with van der Waals surface area (Å²) in [5, 5.41) is 4.86. The zero-order valence-electron chi connectivity index (χ0n) is 10.8. The van der Waals surface area contributed by atoms with E-state index in [2.05, 4.69) is 19.2 Å². The average Bonchev–Trinajstić information content (AvgIpc) is 2.72. The summed E-state index contributed by atoms with van der Waals surface area (Å²) in [6.45, 7) is 4.34. The van der Waals surface area contributed by atoms with Crippen LogP contribution in [-0.4, -0.2) is 23.6 Å². The first-order chi connectivity index (χ1) is 8.56. The molecule has 3 nitrogen and oxygen atoms in total. The van der Waals surface area contributed by atoms with Crippen molar-refractivity contribution in [1.82, 2.24) is 0 Å². The highest BCUT2D eigenvalue weighted by atomic mass is 35.5. The molecule has 1 aromatic rings. The Morgan fingerprint density at radius 2 is 2.33 bits per heavy atom. The van der Waals surface area contributed by atoms with Gasteiger partial charge < -0.3 is 10.1 Å². The number of thioether (sulfide) groups is 1. The molecule has 1 N–H and O–H groups in total. The number of hydrogen-bond acceptors (Lipinski definition) is 4. The second kappa shape index (κ2) is 5.41. The van der Waals surface area contributed by atoms with Crippen molar-refractivity contribution in [3.8, 4) is 5.75 Å². The summed E-state index contributed by atoms with van der Waals surface area (Å²) in [6, 6.07) is 5.64. The van der Waals surface area contributed by atoms with Crippen molar-refractivity contribution in [1.29, 1.82) is 0 Å². The Balaban J connectivity index is 2.11. The predicted molar refractivity (Wildman–Crippen MR) is 80.2 cm³/mol. The summed E-state index contributed by atoms with van der Waals surface area (Å²) < 4.78 is 5.13. The molecule has 1 aromatic carbocycles. The van der Waals surface area contributed by atoms with E-state index in [0.717, 1.165) is 23.0 Å². The number of aliphatic imine (C=N–C) groups is 1. The number of nitrogens with zero attached hydrogens (tertiary/aromatic N) is 1. The second-order valence-electron chi connectivity index (χ2n) is 4.53. The summed E-state index contributed by atoms with van der Waals surface area (Å²) in [6.07, 6.45) is 1.05. The fourth-order valence-electron chi connectivity index (χ4n) is 1.65. The van der Waals surface area contributed by atoms with E-state index < -0.39 is 0 Å². The van der Waals surface area contributed by atoms with E-state index in [1.165, 1.54) is 0 Å². The van der Waals surface area contributed by atoms with Gasteiger partial charge in [-0.3, -0.25) is 4.99 Å². The van der Waals surface area contributed by atoms with E-state index in [9.17, 15) is 0 Å². The zero-order valence-corrected chi connectivity index (χ0v) is 12.4. The summed E-state index contributed by atoms with van der Waals surface area (Å²) >= 11 is 7.84. The number of nitrogens with one attached hydrogen (secondary N) is 1. The van der Waals surface area contributed by atoms with Crippen LogP contribution in [-0.2, 0) is 0 Å². The van der Waals surface area contributed by atoms with Crippen LogP contribution in [0.15, 0.2) is 23.2 Å². The van der Waals surface area contributed by atoms with Crippen molar-refractivity contribution in [3.05, 3.63) is 23.2 Å². The first kappa shape index (κ1) is 13.6. The lowest BCUT2D eigenvalue weighted by molar-refractivity contribution is 0.415. The number of amidine groups is 1. The lowest BCUT2D eigenvalue weighted by Gasteiger charge is -2.15. The summed E-state index contributed by atoms with van der Waals surface area (Å²) in [7, 11) is 1.61. The van der Waals surface area contributed by atoms with Gasteiger partial charge in [0.25, 0.3) is 0 Å². The third kappa shape index (κ3) is 2.93. The molecule has 0 spiro atoms. The monoisotopic (exact) mass is 284 g/mol. The molecule has 98 valence electrons. The van der Waals surface area contributed by atoms with Gasteiger partial charge in [-0.1, -0.05) is 30.3 Å². The van der Waals surface area contributed by atoms with Crippen LogP contribution >= 0.6 is 23.4 Å². The molecular weight excluding hydrogens is 268 g/mol. The normalized spacial score (nSPS) is 22.8. The summed E-state index contributed by atoms with van der Waals surface area (Å²) in [4.78, 5) is 4.70. The van der Waals surface area contributed by atoms with Gasteiger partial charge in [-0.25, -0.2) is 0 Å². The minimum atomic E-state index is 0.0588. The number of anilines is 1. The highest BCUT2D eigenvalue weighted by Gasteiger charge is 2.28. The Bertz CT molecular complexity index is 478. The predicted octanol–water partition coefficient (Wildman–Crippen LogP) is 4.03. The zero-order chi connectivity index (χ0) is 13.2. The number of hydrogen-bond donors (Lipinski definition) is 1. The van der Waals surface area contributed by atoms with Gasteiger partial charge in [-0.15, -0.1) is 0 Å². The van der Waals surface area contributed by atoms with Gasteiger partial charge in [-0.2, -0.15) is 0 Å². The second-order valence-corrected chi connectivity index (χ2v) is 5.90. The highest BCUT2D eigenvalue weighted by Crippen LogP contribution is 2.32. The van der Waals surface area contributed by atoms with E-state index in [4.69, 9.17) is 21.3 Å². The third-order valence-corrected chi connectivity index (χ3v) is 4.58. The quantitative estimate of drug-likeness (QED) is 0.910. The molecule has 1 unspecified atom stereocenters. The largest absolute Gasteiger partial charge is 0.495 e. The van der Waals surface area contributed by atoms with Gasteiger partial charge >= 0.3 is 0 Å². The van der Waals surface area contributed by atoms with Gasteiger partial charge in [0, 0.05) is 11.4 Å². The fourth-order valence-corrected chi connectivity index (χ4v) is 3.10. The highest BCUT2D eigenvalue weighted by molar-refractivity contribution is 8.14. The van der Waals surface area contributed by atoms with Crippen LogP contribution in [0.3, 0.4) is 0 Å².